The van der Waals surface area contributed by atoms with Crippen LogP contribution in [0.5, 0.6) is 0 Å². The Bertz CT molecular complexity index is 502. The van der Waals surface area contributed by atoms with E-state index in [1.54, 1.807) is 0 Å². The first kappa shape index (κ1) is 16.4. The third kappa shape index (κ3) is 4.76. The lowest BCUT2D eigenvalue weighted by atomic mass is 10.0. The first-order chi connectivity index (χ1) is 10.2. The van der Waals surface area contributed by atoms with Crippen molar-refractivity contribution >= 4 is 21.6 Å². The average molecular weight is 349 g/mol. The van der Waals surface area contributed by atoms with Crippen molar-refractivity contribution in [2.45, 2.75) is 39.2 Å². The number of benzene rings is 1. The van der Waals surface area contributed by atoms with Gasteiger partial charge in [-0.2, -0.15) is 0 Å². The van der Waals surface area contributed by atoms with Crippen LogP contribution in [-0.4, -0.2) is 19.6 Å². The number of anilines is 1. The van der Waals surface area contributed by atoms with E-state index in [1.165, 1.54) is 24.1 Å². The molecule has 1 aliphatic rings. The monoisotopic (exact) mass is 348 g/mol. The first-order valence-corrected chi connectivity index (χ1v) is 8.66. The minimum atomic E-state index is 0.340. The number of hydrogen-bond acceptors (Lipinski definition) is 2. The highest BCUT2D eigenvalue weighted by Crippen LogP contribution is 2.35. The van der Waals surface area contributed by atoms with Gasteiger partial charge in [-0.25, -0.2) is 0 Å². The minimum Gasteiger partial charge on any atom is -0.360 e. The summed E-state index contributed by atoms with van der Waals surface area (Å²) in [6.45, 7) is 7.22. The van der Waals surface area contributed by atoms with E-state index in [0.29, 0.717) is 12.6 Å². The zero-order valence-electron chi connectivity index (χ0n) is 13.0. The summed E-state index contributed by atoms with van der Waals surface area (Å²) in [6.07, 6.45) is 9.42. The van der Waals surface area contributed by atoms with E-state index in [1.807, 2.05) is 0 Å². The van der Waals surface area contributed by atoms with Crippen molar-refractivity contribution < 1.29 is 0 Å². The van der Waals surface area contributed by atoms with E-state index in [4.69, 9.17) is 6.42 Å². The topological polar surface area (TPSA) is 15.3 Å². The second-order valence-corrected chi connectivity index (χ2v) is 6.82. The smallest absolute Gasteiger partial charge is 0.0791 e. The van der Waals surface area contributed by atoms with Crippen LogP contribution in [0.4, 0.5) is 5.69 Å². The summed E-state index contributed by atoms with van der Waals surface area (Å²) in [5.74, 6) is 3.64. The predicted octanol–water partition coefficient (Wildman–Crippen LogP) is 4.36. The van der Waals surface area contributed by atoms with E-state index in [9.17, 15) is 0 Å². The first-order valence-electron chi connectivity index (χ1n) is 7.87. The third-order valence-corrected chi connectivity index (χ3v) is 4.45. The SMILES string of the molecule is C#CCN(CC1CC1)c1cc(Br)ccc1C(C)NCCC. The highest BCUT2D eigenvalue weighted by Gasteiger charge is 2.25. The molecule has 1 aromatic rings. The van der Waals surface area contributed by atoms with Gasteiger partial charge in [-0.05, 0) is 56.3 Å². The van der Waals surface area contributed by atoms with Gasteiger partial charge in [-0.1, -0.05) is 34.8 Å². The van der Waals surface area contributed by atoms with E-state index in [2.05, 4.69) is 64.1 Å². The summed E-state index contributed by atoms with van der Waals surface area (Å²) in [5.41, 5.74) is 2.60. The van der Waals surface area contributed by atoms with Crippen LogP contribution in [-0.2, 0) is 0 Å². The Morgan fingerprint density at radius 2 is 2.24 bits per heavy atom. The fourth-order valence-corrected chi connectivity index (χ4v) is 2.95. The molecule has 0 spiro atoms. The zero-order chi connectivity index (χ0) is 15.2. The van der Waals surface area contributed by atoms with Crippen LogP contribution in [0.3, 0.4) is 0 Å². The van der Waals surface area contributed by atoms with E-state index >= 15 is 0 Å². The largest absolute Gasteiger partial charge is 0.360 e. The molecule has 0 heterocycles. The summed E-state index contributed by atoms with van der Waals surface area (Å²) in [6, 6.07) is 6.88. The average Bonchev–Trinajstić information content (AvgIpc) is 3.28. The van der Waals surface area contributed by atoms with Crippen LogP contribution in [0, 0.1) is 18.3 Å². The lowest BCUT2D eigenvalue weighted by molar-refractivity contribution is 0.569. The molecule has 0 bridgehead atoms. The molecule has 2 nitrogen and oxygen atoms in total. The van der Waals surface area contributed by atoms with Gasteiger partial charge in [0.2, 0.25) is 0 Å². The molecule has 0 radical (unpaired) electrons. The van der Waals surface area contributed by atoms with Crippen molar-refractivity contribution in [2.24, 2.45) is 5.92 Å². The maximum absolute atomic E-state index is 5.59. The van der Waals surface area contributed by atoms with Crippen molar-refractivity contribution in [3.63, 3.8) is 0 Å². The van der Waals surface area contributed by atoms with Gasteiger partial charge in [0.25, 0.3) is 0 Å². The second kappa shape index (κ2) is 7.87. The molecule has 0 aromatic heterocycles. The molecule has 1 unspecified atom stereocenters. The van der Waals surface area contributed by atoms with Crippen LogP contribution in [0.25, 0.3) is 0 Å². The Morgan fingerprint density at radius 1 is 1.48 bits per heavy atom. The van der Waals surface area contributed by atoms with Gasteiger partial charge in [0.1, 0.15) is 0 Å². The van der Waals surface area contributed by atoms with E-state index in [0.717, 1.165) is 29.9 Å². The van der Waals surface area contributed by atoms with Gasteiger partial charge >= 0.3 is 0 Å². The Hall–Kier alpha value is -0.980. The molecular formula is C18H25BrN2. The normalized spacial score (nSPS) is 15.5. The van der Waals surface area contributed by atoms with Gasteiger partial charge < -0.3 is 10.2 Å². The van der Waals surface area contributed by atoms with Crippen LogP contribution in [0.1, 0.15) is 44.7 Å². The van der Waals surface area contributed by atoms with Crippen molar-refractivity contribution in [1.29, 1.82) is 0 Å². The molecule has 0 amide bonds. The molecule has 1 fully saturated rings. The van der Waals surface area contributed by atoms with E-state index in [-0.39, 0.29) is 0 Å². The molecule has 21 heavy (non-hydrogen) atoms. The van der Waals surface area contributed by atoms with Gasteiger partial charge in [-0.15, -0.1) is 6.42 Å². The van der Waals surface area contributed by atoms with Crippen LogP contribution in [0.15, 0.2) is 22.7 Å². The molecule has 2 rings (SSSR count). The van der Waals surface area contributed by atoms with Crippen LogP contribution in [0.2, 0.25) is 0 Å². The number of terminal acetylenes is 1. The van der Waals surface area contributed by atoms with Gasteiger partial charge in [-0.3, -0.25) is 0 Å². The maximum Gasteiger partial charge on any atom is 0.0791 e. The summed E-state index contributed by atoms with van der Waals surface area (Å²) in [5, 5.41) is 3.58. The molecule has 114 valence electrons. The molecule has 0 aliphatic heterocycles. The van der Waals surface area contributed by atoms with Crippen LogP contribution < -0.4 is 10.2 Å². The molecule has 1 atom stereocenters. The summed E-state index contributed by atoms with van der Waals surface area (Å²) in [4.78, 5) is 2.36. The zero-order valence-corrected chi connectivity index (χ0v) is 14.6. The van der Waals surface area contributed by atoms with Crippen molar-refractivity contribution in [2.75, 3.05) is 24.5 Å². The number of hydrogen-bond donors (Lipinski definition) is 1. The lowest BCUT2D eigenvalue weighted by Crippen LogP contribution is -2.29. The maximum atomic E-state index is 5.59. The third-order valence-electron chi connectivity index (χ3n) is 3.96. The molecule has 1 saturated carbocycles. The van der Waals surface area contributed by atoms with Gasteiger partial charge in [0, 0.05) is 22.7 Å². The summed E-state index contributed by atoms with van der Waals surface area (Å²) >= 11 is 3.60. The molecule has 3 heteroatoms. The number of rotatable bonds is 8. The number of halogens is 1. The predicted molar refractivity (Wildman–Crippen MR) is 94.6 cm³/mol. The molecule has 1 aliphatic carbocycles. The van der Waals surface area contributed by atoms with Crippen molar-refractivity contribution in [3.8, 4) is 12.3 Å². The Morgan fingerprint density at radius 3 is 2.86 bits per heavy atom. The fraction of sp³-hybridized carbons (Fsp3) is 0.556. The van der Waals surface area contributed by atoms with Gasteiger partial charge in [0.05, 0.1) is 6.54 Å². The Labute approximate surface area is 137 Å². The lowest BCUT2D eigenvalue weighted by Gasteiger charge is -2.28. The van der Waals surface area contributed by atoms with Crippen molar-refractivity contribution in [3.05, 3.63) is 28.2 Å². The number of nitrogens with one attached hydrogen (secondary N) is 1. The second-order valence-electron chi connectivity index (χ2n) is 5.91. The van der Waals surface area contributed by atoms with Crippen molar-refractivity contribution in [1.82, 2.24) is 5.32 Å². The molecule has 1 aromatic carbocycles. The quantitative estimate of drug-likeness (QED) is 0.702. The van der Waals surface area contributed by atoms with Crippen LogP contribution >= 0.6 is 15.9 Å². The Balaban J connectivity index is 2.24. The molecule has 0 saturated heterocycles. The van der Waals surface area contributed by atoms with E-state index < -0.39 is 0 Å². The molecular weight excluding hydrogens is 324 g/mol. The highest BCUT2D eigenvalue weighted by atomic mass is 79.9. The summed E-state index contributed by atoms with van der Waals surface area (Å²) in [7, 11) is 0. The molecule has 1 N–H and O–H groups in total. The number of nitrogens with zero attached hydrogens (tertiary/aromatic N) is 1. The standard InChI is InChI=1S/C18H25BrN2/c1-4-10-20-14(3)17-9-8-16(19)12-18(17)21(11-5-2)13-15-6-7-15/h2,8-9,12,14-15,20H,4,6-7,10-11,13H2,1,3H3. The van der Waals surface area contributed by atoms with Gasteiger partial charge in [0.15, 0.2) is 0 Å². The fourth-order valence-electron chi connectivity index (χ4n) is 2.60. The minimum absolute atomic E-state index is 0.340. The summed E-state index contributed by atoms with van der Waals surface area (Å²) < 4.78 is 1.11. The Kier molecular flexibility index (Phi) is 6.14. The highest BCUT2D eigenvalue weighted by molar-refractivity contribution is 9.10.